The largest absolute Gasteiger partial charge is 0.490 e. The molecule has 7 nitrogen and oxygen atoms in total. The van der Waals surface area contributed by atoms with E-state index in [4.69, 9.17) is 14.6 Å². The van der Waals surface area contributed by atoms with Crippen molar-refractivity contribution in [1.29, 1.82) is 0 Å². The Kier molecular flexibility index (Phi) is 6.62. The highest BCUT2D eigenvalue weighted by molar-refractivity contribution is 5.71. The molecular weight excluding hydrogens is 310 g/mol. The van der Waals surface area contributed by atoms with E-state index in [0.717, 1.165) is 16.7 Å². The summed E-state index contributed by atoms with van der Waals surface area (Å²) in [5.74, 6) is 0.880. The van der Waals surface area contributed by atoms with Crippen molar-refractivity contribution in [2.24, 2.45) is 0 Å². The lowest BCUT2D eigenvalue weighted by atomic mass is 9.99. The van der Waals surface area contributed by atoms with E-state index in [0.29, 0.717) is 31.0 Å². The number of carbonyl (C=O) groups excluding carboxylic acids is 1. The zero-order chi connectivity index (χ0) is 17.4. The van der Waals surface area contributed by atoms with Gasteiger partial charge in [-0.3, -0.25) is 4.79 Å². The lowest BCUT2D eigenvalue weighted by Crippen LogP contribution is -2.08. The van der Waals surface area contributed by atoms with Crippen LogP contribution in [0.15, 0.2) is 24.8 Å². The van der Waals surface area contributed by atoms with Crippen molar-refractivity contribution in [1.82, 2.24) is 15.0 Å². The molecule has 0 aliphatic rings. The predicted octanol–water partition coefficient (Wildman–Crippen LogP) is 1.71. The number of hydrogen-bond donors (Lipinski definition) is 1. The minimum absolute atomic E-state index is 0.0941. The zero-order valence-corrected chi connectivity index (χ0v) is 13.9. The number of aryl methyl sites for hydroxylation is 1. The quantitative estimate of drug-likeness (QED) is 0.736. The number of aliphatic hydroxyl groups is 1. The maximum absolute atomic E-state index is 11.6. The van der Waals surface area contributed by atoms with Crippen LogP contribution in [0.1, 0.15) is 24.5 Å². The van der Waals surface area contributed by atoms with Crippen LogP contribution in [0.4, 0.5) is 0 Å². The minimum Gasteiger partial charge on any atom is -0.490 e. The fourth-order valence-electron chi connectivity index (χ4n) is 2.36. The van der Waals surface area contributed by atoms with Gasteiger partial charge in [0.25, 0.3) is 0 Å². The summed E-state index contributed by atoms with van der Waals surface area (Å²) in [6.45, 7) is 4.15. The SMILES string of the molecule is CCOC(=O)CCc1ccc(-c2ncncn2)c(OCCO)c1C. The third-order valence-electron chi connectivity index (χ3n) is 3.49. The van der Waals surface area contributed by atoms with E-state index in [-0.39, 0.29) is 19.2 Å². The molecule has 0 radical (unpaired) electrons. The number of esters is 1. The van der Waals surface area contributed by atoms with Crippen molar-refractivity contribution in [3.05, 3.63) is 35.9 Å². The van der Waals surface area contributed by atoms with Gasteiger partial charge >= 0.3 is 5.97 Å². The first-order valence-electron chi connectivity index (χ1n) is 7.81. The number of hydrogen-bond acceptors (Lipinski definition) is 7. The second kappa shape index (κ2) is 8.93. The molecule has 0 fully saturated rings. The number of aliphatic hydroxyl groups excluding tert-OH is 1. The number of rotatable bonds is 8. The summed E-state index contributed by atoms with van der Waals surface area (Å²) in [5.41, 5.74) is 2.60. The maximum atomic E-state index is 11.6. The number of benzene rings is 1. The molecule has 24 heavy (non-hydrogen) atoms. The summed E-state index contributed by atoms with van der Waals surface area (Å²) in [7, 11) is 0. The molecule has 0 aliphatic heterocycles. The van der Waals surface area contributed by atoms with Gasteiger partial charge in [0, 0.05) is 6.42 Å². The van der Waals surface area contributed by atoms with Gasteiger partial charge in [0.15, 0.2) is 5.82 Å². The van der Waals surface area contributed by atoms with Gasteiger partial charge in [-0.25, -0.2) is 15.0 Å². The summed E-state index contributed by atoms with van der Waals surface area (Å²) < 4.78 is 10.7. The average Bonchev–Trinajstić information content (AvgIpc) is 2.60. The van der Waals surface area contributed by atoms with E-state index < -0.39 is 0 Å². The molecule has 1 aromatic carbocycles. The van der Waals surface area contributed by atoms with Crippen LogP contribution in [0, 0.1) is 6.92 Å². The Morgan fingerprint density at radius 2 is 2.00 bits per heavy atom. The topological polar surface area (TPSA) is 94.4 Å². The van der Waals surface area contributed by atoms with Crippen LogP contribution < -0.4 is 4.74 Å². The van der Waals surface area contributed by atoms with Gasteiger partial charge in [-0.05, 0) is 37.5 Å². The zero-order valence-electron chi connectivity index (χ0n) is 13.9. The van der Waals surface area contributed by atoms with Gasteiger partial charge in [0.1, 0.15) is 25.0 Å². The molecule has 1 heterocycles. The molecule has 7 heteroatoms. The molecule has 0 amide bonds. The smallest absolute Gasteiger partial charge is 0.306 e. The van der Waals surface area contributed by atoms with Crippen LogP contribution in [0.25, 0.3) is 11.4 Å². The fraction of sp³-hybridized carbons (Fsp3) is 0.412. The van der Waals surface area contributed by atoms with Gasteiger partial charge in [-0.1, -0.05) is 6.07 Å². The van der Waals surface area contributed by atoms with E-state index in [1.165, 1.54) is 12.7 Å². The molecule has 1 aromatic heterocycles. The molecule has 0 saturated carbocycles. The van der Waals surface area contributed by atoms with E-state index in [1.807, 2.05) is 19.1 Å². The van der Waals surface area contributed by atoms with Crippen molar-refractivity contribution < 1.29 is 19.4 Å². The second-order valence-corrected chi connectivity index (χ2v) is 5.07. The minimum atomic E-state index is -0.226. The predicted molar refractivity (Wildman–Crippen MR) is 87.5 cm³/mol. The standard InChI is InChI=1S/C17H21N3O4/c1-3-23-15(22)7-5-13-4-6-14(17-19-10-18-11-20-17)16(12(13)2)24-9-8-21/h4,6,10-11,21H,3,5,7-9H2,1-2H3. The second-order valence-electron chi connectivity index (χ2n) is 5.07. The van der Waals surface area contributed by atoms with Gasteiger partial charge in [-0.15, -0.1) is 0 Å². The third kappa shape index (κ3) is 4.48. The molecule has 2 aromatic rings. The first-order valence-corrected chi connectivity index (χ1v) is 7.81. The van der Waals surface area contributed by atoms with Gasteiger partial charge in [0.2, 0.25) is 0 Å². The highest BCUT2D eigenvalue weighted by atomic mass is 16.5. The Morgan fingerprint density at radius 1 is 1.25 bits per heavy atom. The number of ether oxygens (including phenoxy) is 2. The molecule has 0 bridgehead atoms. The molecule has 0 atom stereocenters. The Labute approximate surface area is 140 Å². The molecule has 1 N–H and O–H groups in total. The highest BCUT2D eigenvalue weighted by Gasteiger charge is 2.16. The lowest BCUT2D eigenvalue weighted by Gasteiger charge is -2.16. The van der Waals surface area contributed by atoms with Crippen molar-refractivity contribution in [3.63, 3.8) is 0 Å². The summed E-state index contributed by atoms with van der Waals surface area (Å²) >= 11 is 0. The summed E-state index contributed by atoms with van der Waals surface area (Å²) in [6, 6.07) is 3.79. The first-order chi connectivity index (χ1) is 11.7. The van der Waals surface area contributed by atoms with Crippen molar-refractivity contribution in [2.45, 2.75) is 26.7 Å². The van der Waals surface area contributed by atoms with Crippen LogP contribution in [-0.2, 0) is 16.0 Å². The number of aromatic nitrogens is 3. The normalized spacial score (nSPS) is 10.5. The Hall–Kier alpha value is -2.54. The summed E-state index contributed by atoms with van der Waals surface area (Å²) in [6.07, 6.45) is 3.70. The average molecular weight is 331 g/mol. The van der Waals surface area contributed by atoms with Crippen LogP contribution in [0.5, 0.6) is 5.75 Å². The fourth-order valence-corrected chi connectivity index (χ4v) is 2.36. The van der Waals surface area contributed by atoms with E-state index >= 15 is 0 Å². The molecule has 0 unspecified atom stereocenters. The Balaban J connectivity index is 2.30. The third-order valence-corrected chi connectivity index (χ3v) is 3.49. The van der Waals surface area contributed by atoms with Crippen molar-refractivity contribution in [2.75, 3.05) is 19.8 Å². The van der Waals surface area contributed by atoms with Crippen molar-refractivity contribution >= 4 is 5.97 Å². The highest BCUT2D eigenvalue weighted by Crippen LogP contribution is 2.33. The Morgan fingerprint density at radius 3 is 2.67 bits per heavy atom. The lowest BCUT2D eigenvalue weighted by molar-refractivity contribution is -0.143. The van der Waals surface area contributed by atoms with Crippen LogP contribution in [-0.4, -0.2) is 45.8 Å². The molecule has 0 saturated heterocycles. The van der Waals surface area contributed by atoms with E-state index in [1.54, 1.807) is 6.92 Å². The molecule has 0 spiro atoms. The van der Waals surface area contributed by atoms with Crippen molar-refractivity contribution in [3.8, 4) is 17.1 Å². The molecule has 128 valence electrons. The van der Waals surface area contributed by atoms with E-state index in [9.17, 15) is 4.79 Å². The van der Waals surface area contributed by atoms with Crippen LogP contribution in [0.3, 0.4) is 0 Å². The first kappa shape index (κ1) is 17.8. The van der Waals surface area contributed by atoms with Crippen LogP contribution >= 0.6 is 0 Å². The number of carbonyl (C=O) groups is 1. The van der Waals surface area contributed by atoms with Gasteiger partial charge in [0.05, 0.1) is 18.8 Å². The molecule has 2 rings (SSSR count). The number of nitrogens with zero attached hydrogens (tertiary/aromatic N) is 3. The molecular formula is C17H21N3O4. The van der Waals surface area contributed by atoms with Gasteiger partial charge < -0.3 is 14.6 Å². The van der Waals surface area contributed by atoms with E-state index in [2.05, 4.69) is 15.0 Å². The monoisotopic (exact) mass is 331 g/mol. The van der Waals surface area contributed by atoms with Crippen LogP contribution in [0.2, 0.25) is 0 Å². The van der Waals surface area contributed by atoms with Gasteiger partial charge in [-0.2, -0.15) is 0 Å². The summed E-state index contributed by atoms with van der Waals surface area (Å²) in [5, 5.41) is 9.06. The maximum Gasteiger partial charge on any atom is 0.306 e. The molecule has 0 aliphatic carbocycles. The Bertz CT molecular complexity index is 677. The summed E-state index contributed by atoms with van der Waals surface area (Å²) in [4.78, 5) is 23.7.